The third-order valence-electron chi connectivity index (χ3n) is 6.17. The van der Waals surface area contributed by atoms with Crippen LogP contribution in [0.2, 0.25) is 0 Å². The van der Waals surface area contributed by atoms with Gasteiger partial charge in [-0.05, 0) is 56.0 Å². The number of hydrogen-bond acceptors (Lipinski definition) is 4. The number of amides is 2. The second kappa shape index (κ2) is 9.62. The minimum atomic E-state index is -0.0686. The molecule has 0 aliphatic carbocycles. The van der Waals surface area contributed by atoms with Crippen LogP contribution >= 0.6 is 0 Å². The summed E-state index contributed by atoms with van der Waals surface area (Å²) < 4.78 is 5.33. The number of aryl methyl sites for hydroxylation is 2. The number of benzene rings is 2. The van der Waals surface area contributed by atoms with E-state index in [0.29, 0.717) is 31.0 Å². The Kier molecular flexibility index (Phi) is 6.68. The van der Waals surface area contributed by atoms with E-state index in [1.807, 2.05) is 23.1 Å². The van der Waals surface area contributed by atoms with Crippen LogP contribution in [0.3, 0.4) is 0 Å². The molecule has 1 unspecified atom stereocenters. The Morgan fingerprint density at radius 2 is 1.87 bits per heavy atom. The smallest absolute Gasteiger partial charge is 0.254 e. The van der Waals surface area contributed by atoms with E-state index in [4.69, 9.17) is 4.74 Å². The third-order valence-corrected chi connectivity index (χ3v) is 6.17. The Labute approximate surface area is 184 Å². The van der Waals surface area contributed by atoms with Gasteiger partial charge in [-0.2, -0.15) is 0 Å². The normalized spacial score (nSPS) is 19.4. The topological polar surface area (TPSA) is 61.9 Å². The van der Waals surface area contributed by atoms with E-state index in [2.05, 4.69) is 42.3 Å². The van der Waals surface area contributed by atoms with Gasteiger partial charge in [0.15, 0.2) is 0 Å². The summed E-state index contributed by atoms with van der Waals surface area (Å²) >= 11 is 0. The predicted octanol–water partition coefficient (Wildman–Crippen LogP) is 3.55. The van der Waals surface area contributed by atoms with Crippen molar-refractivity contribution in [1.29, 1.82) is 0 Å². The molecule has 2 heterocycles. The summed E-state index contributed by atoms with van der Waals surface area (Å²) in [6.07, 6.45) is 1.98. The lowest BCUT2D eigenvalue weighted by Gasteiger charge is -2.27. The van der Waals surface area contributed by atoms with Gasteiger partial charge in [-0.25, -0.2) is 0 Å². The van der Waals surface area contributed by atoms with Crippen molar-refractivity contribution in [2.45, 2.75) is 32.7 Å². The first kappa shape index (κ1) is 21.5. The van der Waals surface area contributed by atoms with E-state index < -0.39 is 0 Å². The fraction of sp³-hybridized carbons (Fsp3) is 0.440. The maximum Gasteiger partial charge on any atom is 0.254 e. The lowest BCUT2D eigenvalue weighted by atomic mass is 9.97. The largest absolute Gasteiger partial charge is 0.379 e. The second-order valence-electron chi connectivity index (χ2n) is 8.53. The number of nitrogens with one attached hydrogen (secondary N) is 1. The SMILES string of the molecule is Cc1ccc(C)c(C2CCCN2C(=O)c2cccc(NC(=O)CN3CCOCC3)c2)c1. The molecule has 1 N–H and O–H groups in total. The molecular formula is C25H31N3O3. The highest BCUT2D eigenvalue weighted by Gasteiger charge is 2.31. The van der Waals surface area contributed by atoms with Gasteiger partial charge in [-0.15, -0.1) is 0 Å². The van der Waals surface area contributed by atoms with Crippen LogP contribution in [0.1, 0.15) is 45.9 Å². The van der Waals surface area contributed by atoms with Crippen LogP contribution in [0.5, 0.6) is 0 Å². The first-order valence-electron chi connectivity index (χ1n) is 11.1. The number of carbonyl (C=O) groups excluding carboxylic acids is 2. The molecule has 2 aliphatic rings. The van der Waals surface area contributed by atoms with Crippen LogP contribution < -0.4 is 5.32 Å². The summed E-state index contributed by atoms with van der Waals surface area (Å²) in [6.45, 7) is 8.14. The summed E-state index contributed by atoms with van der Waals surface area (Å²) in [5, 5.41) is 2.94. The average molecular weight is 422 g/mol. The van der Waals surface area contributed by atoms with Gasteiger partial charge in [-0.1, -0.05) is 29.8 Å². The Morgan fingerprint density at radius 1 is 1.06 bits per heavy atom. The molecule has 2 aromatic carbocycles. The van der Waals surface area contributed by atoms with Crippen molar-refractivity contribution in [3.8, 4) is 0 Å². The van der Waals surface area contributed by atoms with Crippen LogP contribution in [0.25, 0.3) is 0 Å². The fourth-order valence-electron chi connectivity index (χ4n) is 4.51. The zero-order valence-corrected chi connectivity index (χ0v) is 18.4. The van der Waals surface area contributed by atoms with E-state index in [9.17, 15) is 9.59 Å². The number of anilines is 1. The summed E-state index contributed by atoms with van der Waals surface area (Å²) in [4.78, 5) is 29.9. The third kappa shape index (κ3) is 5.14. The molecule has 6 nitrogen and oxygen atoms in total. The zero-order chi connectivity index (χ0) is 21.8. The summed E-state index contributed by atoms with van der Waals surface area (Å²) in [6, 6.07) is 13.8. The number of ether oxygens (including phenoxy) is 1. The standard InChI is InChI=1S/C25H31N3O3/c1-18-8-9-19(2)22(15-18)23-7-4-10-28(23)25(30)20-5-3-6-21(16-20)26-24(29)17-27-11-13-31-14-12-27/h3,5-6,8-9,15-16,23H,4,7,10-14,17H2,1-2H3,(H,26,29). The molecule has 0 aromatic heterocycles. The molecule has 164 valence electrons. The van der Waals surface area contributed by atoms with Crippen molar-refractivity contribution >= 4 is 17.5 Å². The number of morpholine rings is 1. The van der Waals surface area contributed by atoms with Gasteiger partial charge in [0.05, 0.1) is 25.8 Å². The monoisotopic (exact) mass is 421 g/mol. The lowest BCUT2D eigenvalue weighted by molar-refractivity contribution is -0.118. The van der Waals surface area contributed by atoms with Crippen molar-refractivity contribution in [2.75, 3.05) is 44.7 Å². The number of nitrogens with zero attached hydrogens (tertiary/aromatic N) is 2. The fourth-order valence-corrected chi connectivity index (χ4v) is 4.51. The van der Waals surface area contributed by atoms with E-state index >= 15 is 0 Å². The highest BCUT2D eigenvalue weighted by molar-refractivity contribution is 5.98. The van der Waals surface area contributed by atoms with Gasteiger partial charge >= 0.3 is 0 Å². The van der Waals surface area contributed by atoms with Crippen molar-refractivity contribution in [1.82, 2.24) is 9.80 Å². The highest BCUT2D eigenvalue weighted by atomic mass is 16.5. The summed E-state index contributed by atoms with van der Waals surface area (Å²) in [5.74, 6) is -0.0476. The van der Waals surface area contributed by atoms with E-state index in [1.165, 1.54) is 16.7 Å². The van der Waals surface area contributed by atoms with Crippen molar-refractivity contribution < 1.29 is 14.3 Å². The number of rotatable bonds is 5. The average Bonchev–Trinajstić information content (AvgIpc) is 3.25. The van der Waals surface area contributed by atoms with Gasteiger partial charge in [0.25, 0.3) is 5.91 Å². The first-order valence-corrected chi connectivity index (χ1v) is 11.1. The molecule has 0 spiro atoms. The van der Waals surface area contributed by atoms with Crippen LogP contribution in [0.15, 0.2) is 42.5 Å². The molecule has 31 heavy (non-hydrogen) atoms. The summed E-state index contributed by atoms with van der Waals surface area (Å²) in [7, 11) is 0. The Bertz CT molecular complexity index is 953. The minimum absolute atomic E-state index is 0.0210. The van der Waals surface area contributed by atoms with Crippen LogP contribution in [0.4, 0.5) is 5.69 Å². The molecule has 0 saturated carbocycles. The molecule has 2 fully saturated rings. The predicted molar refractivity (Wildman–Crippen MR) is 121 cm³/mol. The van der Waals surface area contributed by atoms with Crippen LogP contribution in [0, 0.1) is 13.8 Å². The Hall–Kier alpha value is -2.70. The Morgan fingerprint density at radius 3 is 2.68 bits per heavy atom. The van der Waals surface area contributed by atoms with Crippen LogP contribution in [-0.2, 0) is 9.53 Å². The molecule has 2 aliphatic heterocycles. The van der Waals surface area contributed by atoms with Gasteiger partial charge in [0.2, 0.25) is 5.91 Å². The maximum absolute atomic E-state index is 13.4. The quantitative estimate of drug-likeness (QED) is 0.802. The van der Waals surface area contributed by atoms with Crippen molar-refractivity contribution in [2.24, 2.45) is 0 Å². The number of hydrogen-bond donors (Lipinski definition) is 1. The molecule has 2 aromatic rings. The Balaban J connectivity index is 1.46. The molecule has 0 radical (unpaired) electrons. The molecule has 4 rings (SSSR count). The highest BCUT2D eigenvalue weighted by Crippen LogP contribution is 2.35. The second-order valence-corrected chi connectivity index (χ2v) is 8.53. The molecule has 2 saturated heterocycles. The van der Waals surface area contributed by atoms with Crippen molar-refractivity contribution in [3.05, 3.63) is 64.7 Å². The number of carbonyl (C=O) groups is 2. The molecule has 0 bridgehead atoms. The van der Waals surface area contributed by atoms with Gasteiger partial charge in [0.1, 0.15) is 0 Å². The molecular weight excluding hydrogens is 390 g/mol. The van der Waals surface area contributed by atoms with Gasteiger partial charge in [0, 0.05) is 30.9 Å². The minimum Gasteiger partial charge on any atom is -0.379 e. The van der Waals surface area contributed by atoms with E-state index in [0.717, 1.165) is 32.5 Å². The van der Waals surface area contributed by atoms with Crippen molar-refractivity contribution in [3.63, 3.8) is 0 Å². The van der Waals surface area contributed by atoms with Gasteiger partial charge < -0.3 is 15.0 Å². The van der Waals surface area contributed by atoms with Gasteiger partial charge in [-0.3, -0.25) is 14.5 Å². The van der Waals surface area contributed by atoms with E-state index in [1.54, 1.807) is 6.07 Å². The zero-order valence-electron chi connectivity index (χ0n) is 18.4. The summed E-state index contributed by atoms with van der Waals surface area (Å²) in [5.41, 5.74) is 4.94. The molecule has 1 atom stereocenters. The van der Waals surface area contributed by atoms with E-state index in [-0.39, 0.29) is 17.9 Å². The first-order chi connectivity index (χ1) is 15.0. The number of likely N-dealkylation sites (tertiary alicyclic amines) is 1. The maximum atomic E-state index is 13.4. The lowest BCUT2D eigenvalue weighted by Crippen LogP contribution is -2.41. The van der Waals surface area contributed by atoms with Crippen LogP contribution in [-0.4, -0.2) is 61.0 Å². The molecule has 2 amide bonds. The molecule has 6 heteroatoms.